The summed E-state index contributed by atoms with van der Waals surface area (Å²) in [4.78, 5) is 12.7. The minimum Gasteiger partial charge on any atom is -0.493 e. The van der Waals surface area contributed by atoms with E-state index in [-0.39, 0.29) is 12.5 Å². The van der Waals surface area contributed by atoms with Crippen LogP contribution in [-0.2, 0) is 4.79 Å². The van der Waals surface area contributed by atoms with Crippen LogP contribution in [0.1, 0.15) is 4.88 Å². The highest BCUT2D eigenvalue weighted by atomic mass is 79.9. The number of nitrogens with zero attached hydrogens (tertiary/aromatic N) is 1. The van der Waals surface area contributed by atoms with Crippen molar-refractivity contribution >= 4 is 55.3 Å². The van der Waals surface area contributed by atoms with E-state index in [2.05, 4.69) is 42.4 Å². The highest BCUT2D eigenvalue weighted by Gasteiger charge is 2.12. The van der Waals surface area contributed by atoms with Gasteiger partial charge < -0.3 is 9.47 Å². The number of methoxy groups -OCH3 is 1. The molecule has 0 saturated heterocycles. The molecule has 0 atom stereocenters. The number of amides is 1. The Labute approximate surface area is 148 Å². The van der Waals surface area contributed by atoms with Crippen molar-refractivity contribution in [2.45, 2.75) is 0 Å². The first kappa shape index (κ1) is 17.0. The van der Waals surface area contributed by atoms with Crippen LogP contribution in [-0.4, -0.2) is 25.8 Å². The summed E-state index contributed by atoms with van der Waals surface area (Å²) < 4.78 is 12.2. The lowest BCUT2D eigenvalue weighted by atomic mass is 10.3. The SMILES string of the molecule is COc1cc(Br)cc(Br)c1OCC(=O)NN=Cc1cccs1. The highest BCUT2D eigenvalue weighted by molar-refractivity contribution is 9.11. The van der Waals surface area contributed by atoms with Crippen LogP contribution in [0.15, 0.2) is 43.7 Å². The van der Waals surface area contributed by atoms with Crippen molar-refractivity contribution in [2.75, 3.05) is 13.7 Å². The number of benzene rings is 1. The molecule has 0 radical (unpaired) electrons. The van der Waals surface area contributed by atoms with E-state index in [1.165, 1.54) is 18.4 Å². The molecule has 0 aliphatic rings. The fourth-order valence-corrected chi connectivity index (χ4v) is 3.42. The summed E-state index contributed by atoms with van der Waals surface area (Å²) in [5.41, 5.74) is 2.41. The summed E-state index contributed by atoms with van der Waals surface area (Å²) >= 11 is 8.26. The summed E-state index contributed by atoms with van der Waals surface area (Å²) in [7, 11) is 1.53. The molecule has 5 nitrogen and oxygen atoms in total. The fourth-order valence-electron chi connectivity index (χ4n) is 1.53. The maximum Gasteiger partial charge on any atom is 0.277 e. The van der Waals surface area contributed by atoms with Crippen molar-refractivity contribution in [2.24, 2.45) is 5.10 Å². The van der Waals surface area contributed by atoms with E-state index in [1.54, 1.807) is 12.3 Å². The Hall–Kier alpha value is -1.38. The van der Waals surface area contributed by atoms with Crippen molar-refractivity contribution in [3.63, 3.8) is 0 Å². The minimum absolute atomic E-state index is 0.168. The average molecular weight is 448 g/mol. The summed E-state index contributed by atoms with van der Waals surface area (Å²) in [6, 6.07) is 7.38. The van der Waals surface area contributed by atoms with Gasteiger partial charge in [-0.1, -0.05) is 22.0 Å². The number of carbonyl (C=O) groups is 1. The molecule has 0 aliphatic carbocycles. The topological polar surface area (TPSA) is 59.9 Å². The predicted molar refractivity (Wildman–Crippen MR) is 93.9 cm³/mol. The standard InChI is InChI=1S/C14H12Br2N2O3S/c1-20-12-6-9(15)5-11(16)14(12)21-8-13(19)18-17-7-10-3-2-4-22-10/h2-7H,8H2,1H3,(H,18,19). The molecule has 0 saturated carbocycles. The van der Waals surface area contributed by atoms with Gasteiger partial charge in [0.2, 0.25) is 0 Å². The molecule has 22 heavy (non-hydrogen) atoms. The number of thiophene rings is 1. The number of nitrogens with one attached hydrogen (secondary N) is 1. The van der Waals surface area contributed by atoms with E-state index in [4.69, 9.17) is 9.47 Å². The van der Waals surface area contributed by atoms with Crippen molar-refractivity contribution in [3.05, 3.63) is 43.5 Å². The van der Waals surface area contributed by atoms with E-state index in [9.17, 15) is 4.79 Å². The second-order valence-electron chi connectivity index (χ2n) is 4.02. The Morgan fingerprint density at radius 2 is 2.27 bits per heavy atom. The summed E-state index contributed by atoms with van der Waals surface area (Å²) in [5, 5.41) is 5.79. The van der Waals surface area contributed by atoms with E-state index in [1.807, 2.05) is 23.6 Å². The zero-order chi connectivity index (χ0) is 15.9. The van der Waals surface area contributed by atoms with Crippen LogP contribution in [0.2, 0.25) is 0 Å². The van der Waals surface area contributed by atoms with E-state index >= 15 is 0 Å². The van der Waals surface area contributed by atoms with E-state index in [0.29, 0.717) is 16.0 Å². The van der Waals surface area contributed by atoms with Gasteiger partial charge in [-0.15, -0.1) is 11.3 Å². The van der Waals surface area contributed by atoms with E-state index < -0.39 is 0 Å². The lowest BCUT2D eigenvalue weighted by Crippen LogP contribution is -2.24. The Balaban J connectivity index is 1.91. The zero-order valence-electron chi connectivity index (χ0n) is 11.5. The quantitative estimate of drug-likeness (QED) is 0.541. The molecule has 1 amide bonds. The van der Waals surface area contributed by atoms with Crippen LogP contribution in [0, 0.1) is 0 Å². The molecule has 116 valence electrons. The minimum atomic E-state index is -0.357. The molecule has 0 fully saturated rings. The number of hydrogen-bond donors (Lipinski definition) is 1. The normalized spacial score (nSPS) is 10.7. The lowest BCUT2D eigenvalue weighted by molar-refractivity contribution is -0.123. The van der Waals surface area contributed by atoms with Gasteiger partial charge in [0.25, 0.3) is 5.91 Å². The van der Waals surface area contributed by atoms with Crippen LogP contribution < -0.4 is 14.9 Å². The van der Waals surface area contributed by atoms with Crippen LogP contribution >= 0.6 is 43.2 Å². The van der Waals surface area contributed by atoms with Gasteiger partial charge >= 0.3 is 0 Å². The molecule has 0 bridgehead atoms. The first-order chi connectivity index (χ1) is 10.6. The van der Waals surface area contributed by atoms with Crippen molar-refractivity contribution in [1.82, 2.24) is 5.43 Å². The second kappa shape index (κ2) is 8.30. The average Bonchev–Trinajstić information content (AvgIpc) is 2.98. The van der Waals surface area contributed by atoms with Gasteiger partial charge in [0.1, 0.15) is 0 Å². The maximum atomic E-state index is 11.7. The van der Waals surface area contributed by atoms with Gasteiger partial charge in [0, 0.05) is 9.35 Å². The molecule has 0 spiro atoms. The molecule has 2 aromatic rings. The molecule has 1 N–H and O–H groups in total. The molecule has 8 heteroatoms. The summed E-state index contributed by atoms with van der Waals surface area (Å²) in [5.74, 6) is 0.629. The third-order valence-electron chi connectivity index (χ3n) is 2.47. The number of hydrogen-bond acceptors (Lipinski definition) is 5. The monoisotopic (exact) mass is 446 g/mol. The number of ether oxygens (including phenoxy) is 2. The van der Waals surface area contributed by atoms with Gasteiger partial charge in [-0.05, 0) is 39.5 Å². The predicted octanol–water partition coefficient (Wildman–Crippen LogP) is 3.81. The largest absolute Gasteiger partial charge is 0.493 e. The second-order valence-corrected chi connectivity index (χ2v) is 6.77. The van der Waals surface area contributed by atoms with Crippen LogP contribution in [0.3, 0.4) is 0 Å². The molecule has 2 rings (SSSR count). The molecule has 1 heterocycles. The Bertz CT molecular complexity index is 675. The number of halogens is 2. The third kappa shape index (κ3) is 4.82. The lowest BCUT2D eigenvalue weighted by Gasteiger charge is -2.12. The molecule has 0 aliphatic heterocycles. The Morgan fingerprint density at radius 1 is 1.45 bits per heavy atom. The first-order valence-electron chi connectivity index (χ1n) is 6.11. The number of rotatable bonds is 6. The fraction of sp³-hybridized carbons (Fsp3) is 0.143. The van der Waals surface area contributed by atoms with Crippen LogP contribution in [0.25, 0.3) is 0 Å². The molecule has 1 aromatic heterocycles. The van der Waals surface area contributed by atoms with Gasteiger partial charge in [0.05, 0.1) is 17.8 Å². The first-order valence-corrected chi connectivity index (χ1v) is 8.58. The zero-order valence-corrected chi connectivity index (χ0v) is 15.5. The van der Waals surface area contributed by atoms with Crippen molar-refractivity contribution in [3.8, 4) is 11.5 Å². The van der Waals surface area contributed by atoms with Crippen LogP contribution in [0.4, 0.5) is 0 Å². The van der Waals surface area contributed by atoms with Crippen LogP contribution in [0.5, 0.6) is 11.5 Å². The summed E-state index contributed by atoms with van der Waals surface area (Å²) in [6.07, 6.45) is 1.58. The smallest absolute Gasteiger partial charge is 0.277 e. The van der Waals surface area contributed by atoms with Gasteiger partial charge in [-0.2, -0.15) is 5.10 Å². The number of carbonyl (C=O) groups excluding carboxylic acids is 1. The van der Waals surface area contributed by atoms with Gasteiger partial charge in [-0.25, -0.2) is 5.43 Å². The highest BCUT2D eigenvalue weighted by Crippen LogP contribution is 2.38. The number of hydrazone groups is 1. The third-order valence-corrected chi connectivity index (χ3v) is 4.32. The molecule has 1 aromatic carbocycles. The van der Waals surface area contributed by atoms with E-state index in [0.717, 1.165) is 9.35 Å². The Morgan fingerprint density at radius 3 is 2.95 bits per heavy atom. The molecular formula is C14H12Br2N2O3S. The molecule has 0 unspecified atom stereocenters. The van der Waals surface area contributed by atoms with Crippen molar-refractivity contribution in [1.29, 1.82) is 0 Å². The van der Waals surface area contributed by atoms with Crippen molar-refractivity contribution < 1.29 is 14.3 Å². The Kier molecular flexibility index (Phi) is 6.41. The van der Waals surface area contributed by atoms with Gasteiger partial charge in [-0.3, -0.25) is 4.79 Å². The van der Waals surface area contributed by atoms with Gasteiger partial charge in [0.15, 0.2) is 18.1 Å². The molecular weight excluding hydrogens is 436 g/mol. The maximum absolute atomic E-state index is 11.7. The summed E-state index contributed by atoms with van der Waals surface area (Å²) in [6.45, 7) is -0.168.